The molecule has 4 fully saturated rings. The van der Waals surface area contributed by atoms with Gasteiger partial charge in [0.2, 0.25) is 0 Å². The summed E-state index contributed by atoms with van der Waals surface area (Å²) < 4.78 is 33.5. The van der Waals surface area contributed by atoms with E-state index in [1.807, 2.05) is 6.92 Å². The molecule has 0 spiro atoms. The number of allylic oxidation sites excluding steroid dienone is 4. The number of carbonyl (C=O) groups excluding carboxylic acids is 2. The van der Waals surface area contributed by atoms with Gasteiger partial charge in [0.25, 0.3) is 0 Å². The smallest absolute Gasteiger partial charge is 0.193 e. The van der Waals surface area contributed by atoms with Gasteiger partial charge in [-0.15, -0.1) is 0 Å². The molecule has 1 aromatic carbocycles. The van der Waals surface area contributed by atoms with Crippen LogP contribution in [-0.4, -0.2) is 58.5 Å². The molecule has 1 saturated heterocycles. The van der Waals surface area contributed by atoms with Gasteiger partial charge in [0.05, 0.1) is 30.0 Å². The number of halogens is 2. The Morgan fingerprint density at radius 3 is 2.72 bits per heavy atom. The maximum absolute atomic E-state index is 17.7. The van der Waals surface area contributed by atoms with Crippen molar-refractivity contribution in [1.29, 1.82) is 5.26 Å². The highest BCUT2D eigenvalue weighted by atomic mass is 19.1. The summed E-state index contributed by atoms with van der Waals surface area (Å²) >= 11 is 0. The molecule has 0 unspecified atom stereocenters. The van der Waals surface area contributed by atoms with Crippen LogP contribution in [0.25, 0.3) is 0 Å². The maximum Gasteiger partial charge on any atom is 0.193 e. The zero-order valence-electron chi connectivity index (χ0n) is 22.2. The standard InChI is InChI=1S/C30H32F2N2O5/c1-26-8-7-20(36)10-21(26)22(31)11-23-27(2)12-18-15-34(19-6-4-5-17(9-19)14-33)39-30(18,25(38)16-35)28(27,3)13-24(37)29(23,26)32/h4-10,18,22-24,35,37H,11-13,15-16H2,1-3H3/t18-,22-,23-,24-,26-,27-,28-,29-,30-/m0/s1. The molecule has 3 saturated carbocycles. The first kappa shape index (κ1) is 26.3. The van der Waals surface area contributed by atoms with Crippen molar-refractivity contribution < 1.29 is 33.4 Å². The third-order valence-corrected chi connectivity index (χ3v) is 11.2. The molecule has 0 radical (unpaired) electrons. The number of nitriles is 1. The first-order chi connectivity index (χ1) is 18.3. The van der Waals surface area contributed by atoms with Gasteiger partial charge in [-0.3, -0.25) is 19.5 Å². The summed E-state index contributed by atoms with van der Waals surface area (Å²) in [4.78, 5) is 32.3. The van der Waals surface area contributed by atoms with Crippen LogP contribution in [0.5, 0.6) is 0 Å². The topological polar surface area (TPSA) is 111 Å². The summed E-state index contributed by atoms with van der Waals surface area (Å²) in [6.07, 6.45) is 0.488. The monoisotopic (exact) mass is 538 g/mol. The first-order valence-corrected chi connectivity index (χ1v) is 13.4. The van der Waals surface area contributed by atoms with Gasteiger partial charge in [0.1, 0.15) is 12.8 Å². The molecule has 9 heteroatoms. The second-order valence-corrected chi connectivity index (χ2v) is 12.6. The highest BCUT2D eigenvalue weighted by Crippen LogP contribution is 2.77. The predicted molar refractivity (Wildman–Crippen MR) is 137 cm³/mol. The third kappa shape index (κ3) is 2.90. The summed E-state index contributed by atoms with van der Waals surface area (Å²) in [7, 11) is 0. The van der Waals surface area contributed by atoms with Crippen LogP contribution in [0.3, 0.4) is 0 Å². The summed E-state index contributed by atoms with van der Waals surface area (Å²) in [5.41, 5.74) is -6.57. The summed E-state index contributed by atoms with van der Waals surface area (Å²) in [5.74, 6) is -2.47. The minimum Gasteiger partial charge on any atom is -0.390 e. The fourth-order valence-electron chi connectivity index (χ4n) is 9.20. The Kier molecular flexibility index (Phi) is 5.44. The zero-order valence-corrected chi connectivity index (χ0v) is 22.2. The van der Waals surface area contributed by atoms with Gasteiger partial charge in [-0.25, -0.2) is 8.78 Å². The third-order valence-electron chi connectivity index (χ3n) is 11.2. The predicted octanol–water partition coefficient (Wildman–Crippen LogP) is 3.55. The Hall–Kier alpha value is -2.93. The van der Waals surface area contributed by atoms with E-state index in [4.69, 9.17) is 4.84 Å². The number of hydrogen-bond donors (Lipinski definition) is 2. The van der Waals surface area contributed by atoms with Crippen LogP contribution in [-0.2, 0) is 14.4 Å². The molecule has 6 rings (SSSR count). The number of benzene rings is 1. The van der Waals surface area contributed by atoms with E-state index in [0.717, 1.165) is 6.08 Å². The Labute approximate surface area is 225 Å². The SMILES string of the molecule is C[C@]12C[C@H](O)[C@@]3(F)[C@@H](C[C@H](F)C4=CC(=O)C=C[C@@]43C)[C@]1(C)C[C@H]1CN(c3cccc(C#N)c3)O[C@]12C(=O)CO. The van der Waals surface area contributed by atoms with Gasteiger partial charge in [-0.2, -0.15) is 5.26 Å². The lowest BCUT2D eigenvalue weighted by atomic mass is 9.39. The van der Waals surface area contributed by atoms with Crippen LogP contribution in [0.15, 0.2) is 48.1 Å². The summed E-state index contributed by atoms with van der Waals surface area (Å²) in [6.45, 7) is 4.62. The van der Waals surface area contributed by atoms with Crippen molar-refractivity contribution in [3.05, 3.63) is 53.6 Å². The molecule has 0 bridgehead atoms. The molecule has 7 nitrogen and oxygen atoms in total. The van der Waals surface area contributed by atoms with Gasteiger partial charge < -0.3 is 10.2 Å². The van der Waals surface area contributed by atoms with E-state index in [2.05, 4.69) is 6.07 Å². The second kappa shape index (κ2) is 8.06. The number of aliphatic hydroxyl groups excluding tert-OH is 2. The van der Waals surface area contributed by atoms with Crippen LogP contribution < -0.4 is 5.06 Å². The Balaban J connectivity index is 1.48. The van der Waals surface area contributed by atoms with Crippen LogP contribution in [0, 0.1) is 39.4 Å². The normalized spacial score (nSPS) is 46.1. The molecule has 1 aromatic rings. The molecular weight excluding hydrogens is 506 g/mol. The fraction of sp³-hybridized carbons (Fsp3) is 0.567. The van der Waals surface area contributed by atoms with Crippen LogP contribution in [0.2, 0.25) is 0 Å². The van der Waals surface area contributed by atoms with E-state index in [9.17, 15) is 25.1 Å². The van der Waals surface area contributed by atoms with E-state index < -0.39 is 69.8 Å². The van der Waals surface area contributed by atoms with E-state index in [0.29, 0.717) is 17.7 Å². The highest BCUT2D eigenvalue weighted by Gasteiger charge is 2.83. The van der Waals surface area contributed by atoms with Gasteiger partial charge in [0.15, 0.2) is 22.8 Å². The number of ketones is 2. The Morgan fingerprint density at radius 1 is 1.28 bits per heavy atom. The number of rotatable bonds is 3. The minimum absolute atomic E-state index is 0.0409. The molecule has 0 amide bonds. The van der Waals surface area contributed by atoms with E-state index in [-0.39, 0.29) is 25.0 Å². The van der Waals surface area contributed by atoms with E-state index in [1.165, 1.54) is 12.2 Å². The number of aliphatic hydroxyl groups is 2. The van der Waals surface area contributed by atoms with Crippen LogP contribution in [0.1, 0.15) is 45.6 Å². The van der Waals surface area contributed by atoms with Crippen molar-refractivity contribution in [2.24, 2.45) is 28.1 Å². The van der Waals surface area contributed by atoms with Gasteiger partial charge >= 0.3 is 0 Å². The van der Waals surface area contributed by atoms with Crippen molar-refractivity contribution in [1.82, 2.24) is 0 Å². The molecular formula is C30H32F2N2O5. The quantitative estimate of drug-likeness (QED) is 0.606. The number of nitrogens with zero attached hydrogens (tertiary/aromatic N) is 2. The highest BCUT2D eigenvalue weighted by molar-refractivity contribution is 6.01. The van der Waals surface area contributed by atoms with E-state index in [1.54, 1.807) is 43.2 Å². The zero-order chi connectivity index (χ0) is 28.2. The first-order valence-electron chi connectivity index (χ1n) is 13.4. The number of carbonyl (C=O) groups is 2. The van der Waals surface area contributed by atoms with Crippen LogP contribution >= 0.6 is 0 Å². The molecule has 0 aromatic heterocycles. The van der Waals surface area contributed by atoms with Crippen molar-refractivity contribution >= 4 is 17.3 Å². The average Bonchev–Trinajstić information content (AvgIpc) is 3.38. The maximum atomic E-state index is 17.7. The van der Waals surface area contributed by atoms with Crippen LogP contribution in [0.4, 0.5) is 14.5 Å². The Morgan fingerprint density at radius 2 is 2.03 bits per heavy atom. The van der Waals surface area contributed by atoms with Crippen molar-refractivity contribution in [3.8, 4) is 6.07 Å². The molecule has 1 aliphatic heterocycles. The average molecular weight is 539 g/mol. The molecule has 206 valence electrons. The van der Waals surface area contributed by atoms with Gasteiger partial charge in [-0.05, 0) is 67.5 Å². The number of hydrogen-bond acceptors (Lipinski definition) is 7. The lowest BCUT2D eigenvalue weighted by Gasteiger charge is -2.67. The molecule has 1 heterocycles. The molecule has 2 N–H and O–H groups in total. The number of alkyl halides is 2. The Bertz CT molecular complexity index is 1390. The number of fused-ring (bicyclic) bond motifs is 7. The number of anilines is 1. The summed E-state index contributed by atoms with van der Waals surface area (Å²) in [6, 6.07) is 8.84. The van der Waals surface area contributed by atoms with Gasteiger partial charge in [0, 0.05) is 22.7 Å². The minimum atomic E-state index is -2.30. The molecule has 4 aliphatic carbocycles. The lowest BCUT2D eigenvalue weighted by molar-refractivity contribution is -0.256. The van der Waals surface area contributed by atoms with E-state index >= 15 is 8.78 Å². The number of Topliss-reactive ketones (excluding diaryl/α,β-unsaturated/α-hetero) is 1. The van der Waals surface area contributed by atoms with Gasteiger partial charge in [-0.1, -0.05) is 26.0 Å². The second-order valence-electron chi connectivity index (χ2n) is 12.6. The van der Waals surface area contributed by atoms with Crippen molar-refractivity contribution in [3.63, 3.8) is 0 Å². The largest absolute Gasteiger partial charge is 0.390 e. The lowest BCUT2D eigenvalue weighted by Crippen LogP contribution is -2.73. The fourth-order valence-corrected chi connectivity index (χ4v) is 9.20. The van der Waals surface area contributed by atoms with Crippen molar-refractivity contribution in [2.45, 2.75) is 63.6 Å². The molecule has 9 atom stereocenters. The molecule has 39 heavy (non-hydrogen) atoms. The summed E-state index contributed by atoms with van der Waals surface area (Å²) in [5, 5.41) is 32.7. The number of hydroxylamine groups is 1. The molecule has 5 aliphatic rings. The van der Waals surface area contributed by atoms with Crippen molar-refractivity contribution in [2.75, 3.05) is 18.2 Å².